The van der Waals surface area contributed by atoms with E-state index in [9.17, 15) is 24.3 Å². The lowest BCUT2D eigenvalue weighted by molar-refractivity contribution is 0.0652. The van der Waals surface area contributed by atoms with Crippen molar-refractivity contribution in [1.82, 2.24) is 4.90 Å². The highest BCUT2D eigenvalue weighted by molar-refractivity contribution is 6.22. The van der Waals surface area contributed by atoms with E-state index < -0.39 is 23.7 Å². The van der Waals surface area contributed by atoms with Crippen molar-refractivity contribution in [2.24, 2.45) is 0 Å². The number of carbonyl (C=O) groups is 4. The third kappa shape index (κ3) is 3.93. The van der Waals surface area contributed by atoms with Crippen molar-refractivity contribution in [3.8, 4) is 5.75 Å². The summed E-state index contributed by atoms with van der Waals surface area (Å²) in [6.07, 6.45) is 0.513. The molecule has 3 aromatic carbocycles. The van der Waals surface area contributed by atoms with Crippen LogP contribution in [0.3, 0.4) is 0 Å². The van der Waals surface area contributed by atoms with E-state index in [1.54, 1.807) is 0 Å². The first-order valence-electron chi connectivity index (χ1n) is 9.77. The summed E-state index contributed by atoms with van der Waals surface area (Å²) in [5.41, 5.74) is 1.24. The van der Waals surface area contributed by atoms with Crippen LogP contribution >= 0.6 is 0 Å². The highest BCUT2D eigenvalue weighted by atomic mass is 16.4. The van der Waals surface area contributed by atoms with Crippen LogP contribution in [0.2, 0.25) is 0 Å². The minimum atomic E-state index is -1.21. The third-order valence-corrected chi connectivity index (χ3v) is 5.19. The number of hydrogen-bond acceptors (Lipinski definition) is 5. The molecule has 3 aromatic rings. The molecule has 160 valence electrons. The van der Waals surface area contributed by atoms with Crippen LogP contribution in [-0.2, 0) is 6.42 Å². The Morgan fingerprint density at radius 1 is 0.844 bits per heavy atom. The van der Waals surface area contributed by atoms with Gasteiger partial charge in [0.15, 0.2) is 0 Å². The maximum atomic E-state index is 12.8. The van der Waals surface area contributed by atoms with Gasteiger partial charge in [-0.25, -0.2) is 4.79 Å². The Balaban J connectivity index is 1.53. The number of benzene rings is 3. The van der Waals surface area contributed by atoms with Gasteiger partial charge in [0.05, 0.1) is 22.4 Å². The Labute approximate surface area is 182 Å². The molecule has 0 aromatic heterocycles. The highest BCUT2D eigenvalue weighted by Crippen LogP contribution is 2.27. The highest BCUT2D eigenvalue weighted by Gasteiger charge is 2.35. The van der Waals surface area contributed by atoms with Crippen molar-refractivity contribution in [1.29, 1.82) is 0 Å². The molecule has 0 unspecified atom stereocenters. The number of nitrogens with zero attached hydrogens (tertiary/aromatic N) is 1. The molecule has 32 heavy (non-hydrogen) atoms. The number of carboxylic acid groups (broad SMARTS) is 1. The van der Waals surface area contributed by atoms with Crippen molar-refractivity contribution in [2.45, 2.75) is 6.42 Å². The van der Waals surface area contributed by atoms with Gasteiger partial charge in [-0.1, -0.05) is 30.3 Å². The predicted molar refractivity (Wildman–Crippen MR) is 115 cm³/mol. The van der Waals surface area contributed by atoms with E-state index in [1.165, 1.54) is 24.3 Å². The molecule has 1 heterocycles. The normalized spacial score (nSPS) is 12.6. The van der Waals surface area contributed by atoms with E-state index in [-0.39, 0.29) is 40.2 Å². The Bertz CT molecular complexity index is 1250. The van der Waals surface area contributed by atoms with Crippen LogP contribution in [0.5, 0.6) is 5.75 Å². The van der Waals surface area contributed by atoms with Gasteiger partial charge in [0, 0.05) is 12.1 Å². The van der Waals surface area contributed by atoms with Crippen molar-refractivity contribution in [2.75, 3.05) is 11.9 Å². The van der Waals surface area contributed by atoms with E-state index in [4.69, 9.17) is 5.11 Å². The lowest BCUT2D eigenvalue weighted by Gasteiger charge is -2.13. The lowest BCUT2D eigenvalue weighted by atomic mass is 10.1. The molecule has 3 amide bonds. The zero-order chi connectivity index (χ0) is 22.8. The maximum absolute atomic E-state index is 12.8. The molecule has 8 heteroatoms. The third-order valence-electron chi connectivity index (χ3n) is 5.19. The molecule has 0 saturated heterocycles. The van der Waals surface area contributed by atoms with E-state index in [1.807, 2.05) is 30.3 Å². The van der Waals surface area contributed by atoms with E-state index in [2.05, 4.69) is 5.32 Å². The topological polar surface area (TPSA) is 124 Å². The van der Waals surface area contributed by atoms with Gasteiger partial charge in [-0.2, -0.15) is 0 Å². The molecule has 0 atom stereocenters. The number of aromatic carboxylic acids is 1. The standard InChI is InChI=1S/C24H18N2O6/c27-20-9-7-16(24(31)32)13-19(20)25-21(28)15-6-8-17-18(12-15)23(30)26(22(17)29)11-10-14-4-2-1-3-5-14/h1-9,12-13,27H,10-11H2,(H,25,28)(H,31,32). The van der Waals surface area contributed by atoms with E-state index in [0.717, 1.165) is 22.6 Å². The first-order valence-corrected chi connectivity index (χ1v) is 9.77. The number of phenolic OH excluding ortho intramolecular Hbond substituents is 1. The number of fused-ring (bicyclic) bond motifs is 1. The molecule has 3 N–H and O–H groups in total. The number of aromatic hydroxyl groups is 1. The van der Waals surface area contributed by atoms with Gasteiger partial charge in [-0.05, 0) is 48.4 Å². The van der Waals surface area contributed by atoms with Crippen LogP contribution in [0.15, 0.2) is 66.7 Å². The molecule has 0 fully saturated rings. The average molecular weight is 430 g/mol. The molecule has 1 aliphatic heterocycles. The molecule has 0 saturated carbocycles. The monoisotopic (exact) mass is 430 g/mol. The molecular weight excluding hydrogens is 412 g/mol. The molecule has 0 bridgehead atoms. The fourth-order valence-corrected chi connectivity index (χ4v) is 3.48. The van der Waals surface area contributed by atoms with E-state index >= 15 is 0 Å². The SMILES string of the molecule is O=C(O)c1ccc(O)c(NC(=O)c2ccc3c(c2)C(=O)N(CCc2ccccc2)C3=O)c1. The summed E-state index contributed by atoms with van der Waals surface area (Å²) in [5, 5.41) is 21.4. The number of anilines is 1. The summed E-state index contributed by atoms with van der Waals surface area (Å²) in [7, 11) is 0. The van der Waals surface area contributed by atoms with Gasteiger partial charge >= 0.3 is 5.97 Å². The molecule has 1 aliphatic rings. The van der Waals surface area contributed by atoms with E-state index in [0.29, 0.717) is 6.42 Å². The summed E-state index contributed by atoms with van der Waals surface area (Å²) in [4.78, 5) is 50.4. The summed E-state index contributed by atoms with van der Waals surface area (Å²) >= 11 is 0. The van der Waals surface area contributed by atoms with Crippen molar-refractivity contribution in [3.63, 3.8) is 0 Å². The summed E-state index contributed by atoms with van der Waals surface area (Å²) in [6, 6.07) is 17.1. The fraction of sp³-hybridized carbons (Fsp3) is 0.0833. The van der Waals surface area contributed by atoms with Crippen LogP contribution in [0.25, 0.3) is 0 Å². The minimum absolute atomic E-state index is 0.0812. The van der Waals surface area contributed by atoms with Gasteiger partial charge in [0.2, 0.25) is 0 Å². The minimum Gasteiger partial charge on any atom is -0.506 e. The number of phenols is 1. The number of imide groups is 1. The number of carboxylic acids is 1. The predicted octanol–water partition coefficient (Wildman–Crippen LogP) is 3.18. The number of rotatable bonds is 6. The second kappa shape index (κ2) is 8.35. The number of nitrogens with one attached hydrogen (secondary N) is 1. The van der Waals surface area contributed by atoms with Crippen molar-refractivity contribution < 1.29 is 29.4 Å². The van der Waals surface area contributed by atoms with Crippen LogP contribution in [-0.4, -0.2) is 45.3 Å². The smallest absolute Gasteiger partial charge is 0.335 e. The quantitative estimate of drug-likeness (QED) is 0.408. The van der Waals surface area contributed by atoms with Crippen LogP contribution in [0.4, 0.5) is 5.69 Å². The number of hydrogen-bond donors (Lipinski definition) is 3. The molecule has 0 radical (unpaired) electrons. The van der Waals surface area contributed by atoms with Crippen LogP contribution < -0.4 is 5.32 Å². The van der Waals surface area contributed by atoms with Gasteiger partial charge in [-0.15, -0.1) is 0 Å². The Morgan fingerprint density at radius 3 is 2.25 bits per heavy atom. The van der Waals surface area contributed by atoms with Gasteiger partial charge in [0.1, 0.15) is 5.75 Å². The van der Waals surface area contributed by atoms with Crippen molar-refractivity contribution in [3.05, 3.63) is 94.5 Å². The summed E-state index contributed by atoms with van der Waals surface area (Å²) in [5.74, 6) is -3.07. The molecule has 4 rings (SSSR count). The molecule has 0 spiro atoms. The van der Waals surface area contributed by atoms with Crippen LogP contribution in [0, 0.1) is 0 Å². The van der Waals surface area contributed by atoms with Gasteiger partial charge < -0.3 is 15.5 Å². The number of amides is 3. The van der Waals surface area contributed by atoms with Gasteiger partial charge in [-0.3, -0.25) is 19.3 Å². The second-order valence-electron chi connectivity index (χ2n) is 7.25. The molecule has 8 nitrogen and oxygen atoms in total. The fourth-order valence-electron chi connectivity index (χ4n) is 3.48. The largest absolute Gasteiger partial charge is 0.506 e. The van der Waals surface area contributed by atoms with Crippen LogP contribution in [0.1, 0.15) is 47.0 Å². The van der Waals surface area contributed by atoms with Gasteiger partial charge in [0.25, 0.3) is 17.7 Å². The average Bonchev–Trinajstić information content (AvgIpc) is 3.03. The zero-order valence-corrected chi connectivity index (χ0v) is 16.7. The molecular formula is C24H18N2O6. The number of carbonyl (C=O) groups excluding carboxylic acids is 3. The first-order chi connectivity index (χ1) is 15.3. The summed E-state index contributed by atoms with van der Waals surface area (Å²) in [6.45, 7) is 0.216. The molecule has 0 aliphatic carbocycles. The maximum Gasteiger partial charge on any atom is 0.335 e. The van der Waals surface area contributed by atoms with Crippen molar-refractivity contribution >= 4 is 29.4 Å². The Morgan fingerprint density at radius 2 is 1.53 bits per heavy atom. The first kappa shape index (κ1) is 20.8. The zero-order valence-electron chi connectivity index (χ0n) is 16.7. The lowest BCUT2D eigenvalue weighted by Crippen LogP contribution is -2.31. The Kier molecular flexibility index (Phi) is 5.43. The Hall–Kier alpha value is -4.46. The second-order valence-corrected chi connectivity index (χ2v) is 7.25. The summed E-state index contributed by atoms with van der Waals surface area (Å²) < 4.78 is 0.